The SMILES string of the molecule is NCC1CCC(C(=O)O)CC1.Nc1nc(=S)c2[nH]cnc2[nH]1. The molecule has 0 aliphatic heterocycles. The van der Waals surface area contributed by atoms with E-state index in [9.17, 15) is 4.79 Å². The largest absolute Gasteiger partial charge is 0.481 e. The average molecular weight is 324 g/mol. The Morgan fingerprint density at radius 3 is 2.68 bits per heavy atom. The van der Waals surface area contributed by atoms with Crippen LogP contribution in [0.25, 0.3) is 11.2 Å². The van der Waals surface area contributed by atoms with Crippen LogP contribution in [0.2, 0.25) is 0 Å². The maximum absolute atomic E-state index is 10.5. The molecule has 0 spiro atoms. The number of nitrogens with one attached hydrogen (secondary N) is 2. The van der Waals surface area contributed by atoms with Crippen molar-refractivity contribution in [2.45, 2.75) is 25.7 Å². The molecule has 0 atom stereocenters. The molecule has 0 unspecified atom stereocenters. The average Bonchev–Trinajstić information content (AvgIpc) is 2.96. The Hall–Kier alpha value is -2.00. The minimum atomic E-state index is -0.638. The molecule has 0 saturated heterocycles. The first-order chi connectivity index (χ1) is 10.5. The van der Waals surface area contributed by atoms with Gasteiger partial charge in [0.05, 0.1) is 12.2 Å². The summed E-state index contributed by atoms with van der Waals surface area (Å²) in [5.74, 6) is 0.124. The molecule has 0 amide bonds. The van der Waals surface area contributed by atoms with Crippen LogP contribution in [0.3, 0.4) is 0 Å². The van der Waals surface area contributed by atoms with Crippen LogP contribution in [-0.2, 0) is 4.79 Å². The molecule has 120 valence electrons. The number of carbonyl (C=O) groups is 1. The second-order valence-electron chi connectivity index (χ2n) is 5.34. The number of carboxylic acids is 1. The lowest BCUT2D eigenvalue weighted by molar-refractivity contribution is -0.143. The molecule has 1 aliphatic rings. The minimum absolute atomic E-state index is 0.0993. The number of carboxylic acid groups (broad SMARTS) is 1. The van der Waals surface area contributed by atoms with Crippen LogP contribution in [0.4, 0.5) is 5.95 Å². The highest BCUT2D eigenvalue weighted by Gasteiger charge is 2.24. The fraction of sp³-hybridized carbons (Fsp3) is 0.538. The van der Waals surface area contributed by atoms with Crippen LogP contribution in [0, 0.1) is 16.5 Å². The number of nitrogens with two attached hydrogens (primary N) is 2. The fourth-order valence-electron chi connectivity index (χ4n) is 2.51. The van der Waals surface area contributed by atoms with E-state index in [1.807, 2.05) is 0 Å². The minimum Gasteiger partial charge on any atom is -0.481 e. The van der Waals surface area contributed by atoms with Crippen molar-refractivity contribution in [1.29, 1.82) is 0 Å². The Morgan fingerprint density at radius 1 is 1.41 bits per heavy atom. The summed E-state index contributed by atoms with van der Waals surface area (Å²) in [7, 11) is 0. The molecule has 3 rings (SSSR count). The van der Waals surface area contributed by atoms with Crippen molar-refractivity contribution >= 4 is 35.3 Å². The number of anilines is 1. The van der Waals surface area contributed by atoms with Gasteiger partial charge in [0.1, 0.15) is 5.52 Å². The molecule has 1 saturated carbocycles. The van der Waals surface area contributed by atoms with E-state index in [0.29, 0.717) is 28.3 Å². The van der Waals surface area contributed by atoms with Gasteiger partial charge in [0, 0.05) is 0 Å². The topological polar surface area (TPSA) is 147 Å². The zero-order chi connectivity index (χ0) is 16.1. The molecule has 0 bridgehead atoms. The zero-order valence-corrected chi connectivity index (χ0v) is 12.9. The predicted octanol–water partition coefficient (Wildman–Crippen LogP) is 1.43. The number of nitrogens with zero attached hydrogens (tertiary/aromatic N) is 2. The summed E-state index contributed by atoms with van der Waals surface area (Å²) in [5, 5.41) is 8.67. The van der Waals surface area contributed by atoms with E-state index in [2.05, 4.69) is 19.9 Å². The smallest absolute Gasteiger partial charge is 0.306 e. The van der Waals surface area contributed by atoms with Crippen molar-refractivity contribution in [2.24, 2.45) is 17.6 Å². The number of fused-ring (bicyclic) bond motifs is 1. The van der Waals surface area contributed by atoms with E-state index in [-0.39, 0.29) is 11.9 Å². The normalized spacial score (nSPS) is 21.1. The Balaban J connectivity index is 0.000000160. The lowest BCUT2D eigenvalue weighted by atomic mass is 9.82. The molecule has 0 aromatic carbocycles. The van der Waals surface area contributed by atoms with Gasteiger partial charge in [0.15, 0.2) is 10.3 Å². The highest BCUT2D eigenvalue weighted by Crippen LogP contribution is 2.27. The van der Waals surface area contributed by atoms with E-state index >= 15 is 0 Å². The molecular formula is C13H20N6O2S. The van der Waals surface area contributed by atoms with Crippen LogP contribution >= 0.6 is 12.2 Å². The lowest BCUT2D eigenvalue weighted by Gasteiger charge is -2.24. The molecule has 2 aromatic heterocycles. The monoisotopic (exact) mass is 324 g/mol. The van der Waals surface area contributed by atoms with E-state index in [0.717, 1.165) is 25.7 Å². The lowest BCUT2D eigenvalue weighted by Crippen LogP contribution is -2.25. The molecule has 2 heterocycles. The molecule has 1 aliphatic carbocycles. The van der Waals surface area contributed by atoms with Gasteiger partial charge < -0.3 is 26.5 Å². The molecule has 2 aromatic rings. The van der Waals surface area contributed by atoms with Gasteiger partial charge in [0.25, 0.3) is 0 Å². The van der Waals surface area contributed by atoms with Gasteiger partial charge in [0.2, 0.25) is 5.95 Å². The third-order valence-electron chi connectivity index (χ3n) is 3.85. The standard InChI is InChI=1S/C8H15NO2.C5H5N5S/c9-5-6-1-3-7(4-2-6)8(10)11;6-5-9-3-2(4(11)10-5)7-1-8-3/h6-7H,1-5,9H2,(H,10,11);1H,(H4,6,7,8,9,10,11). The third-order valence-corrected chi connectivity index (χ3v) is 4.15. The van der Waals surface area contributed by atoms with Crippen LogP contribution in [-0.4, -0.2) is 37.6 Å². The first-order valence-corrected chi connectivity index (χ1v) is 7.53. The van der Waals surface area contributed by atoms with Gasteiger partial charge >= 0.3 is 5.97 Å². The Bertz CT molecular complexity index is 689. The number of H-pyrrole nitrogens is 2. The van der Waals surface area contributed by atoms with Gasteiger partial charge in [-0.2, -0.15) is 0 Å². The number of nitrogen functional groups attached to an aromatic ring is 1. The summed E-state index contributed by atoms with van der Waals surface area (Å²) in [6.07, 6.45) is 5.16. The van der Waals surface area contributed by atoms with E-state index < -0.39 is 5.97 Å². The van der Waals surface area contributed by atoms with Gasteiger partial charge in [-0.3, -0.25) is 4.79 Å². The Kier molecular flexibility index (Phi) is 5.45. The summed E-state index contributed by atoms with van der Waals surface area (Å²) < 4.78 is 0.439. The summed E-state index contributed by atoms with van der Waals surface area (Å²) in [6, 6.07) is 0. The van der Waals surface area contributed by atoms with Crippen LogP contribution in [0.15, 0.2) is 6.33 Å². The summed E-state index contributed by atoms with van der Waals surface area (Å²) in [5.41, 5.74) is 12.2. The van der Waals surface area contributed by atoms with Crippen molar-refractivity contribution in [3.8, 4) is 0 Å². The van der Waals surface area contributed by atoms with E-state index in [4.69, 9.17) is 28.8 Å². The fourth-order valence-corrected chi connectivity index (χ4v) is 2.77. The maximum atomic E-state index is 10.5. The van der Waals surface area contributed by atoms with Gasteiger partial charge in [-0.1, -0.05) is 12.2 Å². The predicted molar refractivity (Wildman–Crippen MR) is 85.6 cm³/mol. The number of hydrogen-bond acceptors (Lipinski definition) is 6. The maximum Gasteiger partial charge on any atom is 0.306 e. The molecule has 8 nitrogen and oxygen atoms in total. The van der Waals surface area contributed by atoms with Crippen molar-refractivity contribution in [2.75, 3.05) is 12.3 Å². The molecule has 7 N–H and O–H groups in total. The highest BCUT2D eigenvalue weighted by atomic mass is 32.1. The van der Waals surface area contributed by atoms with Crippen LogP contribution < -0.4 is 11.5 Å². The third kappa shape index (κ3) is 4.01. The zero-order valence-electron chi connectivity index (χ0n) is 12.1. The van der Waals surface area contributed by atoms with Gasteiger partial charge in [-0.15, -0.1) is 0 Å². The highest BCUT2D eigenvalue weighted by molar-refractivity contribution is 7.71. The molecule has 0 radical (unpaired) electrons. The summed E-state index contributed by atoms with van der Waals surface area (Å²) in [4.78, 5) is 23.9. The molecule has 9 heteroatoms. The number of imidazole rings is 1. The number of aromatic nitrogens is 4. The second-order valence-corrected chi connectivity index (χ2v) is 5.73. The quantitative estimate of drug-likeness (QED) is 0.525. The van der Waals surface area contributed by atoms with Crippen molar-refractivity contribution in [3.05, 3.63) is 11.0 Å². The Labute approximate surface area is 132 Å². The number of aromatic amines is 2. The summed E-state index contributed by atoms with van der Waals surface area (Å²) >= 11 is 4.91. The second kappa shape index (κ2) is 7.32. The van der Waals surface area contributed by atoms with E-state index in [1.54, 1.807) is 0 Å². The number of hydrogen-bond donors (Lipinski definition) is 5. The number of aliphatic carboxylic acids is 1. The number of rotatable bonds is 2. The first kappa shape index (κ1) is 16.4. The van der Waals surface area contributed by atoms with Crippen LogP contribution in [0.5, 0.6) is 0 Å². The first-order valence-electron chi connectivity index (χ1n) is 7.13. The van der Waals surface area contributed by atoms with E-state index in [1.165, 1.54) is 6.33 Å². The van der Waals surface area contributed by atoms with Crippen molar-refractivity contribution in [3.63, 3.8) is 0 Å². The van der Waals surface area contributed by atoms with Crippen molar-refractivity contribution in [1.82, 2.24) is 19.9 Å². The molecule has 22 heavy (non-hydrogen) atoms. The Morgan fingerprint density at radius 2 is 2.09 bits per heavy atom. The summed E-state index contributed by atoms with van der Waals surface area (Å²) in [6.45, 7) is 0.715. The van der Waals surface area contributed by atoms with Crippen LogP contribution in [0.1, 0.15) is 25.7 Å². The van der Waals surface area contributed by atoms with Crippen molar-refractivity contribution < 1.29 is 9.90 Å². The van der Waals surface area contributed by atoms with Gasteiger partial charge in [-0.25, -0.2) is 9.97 Å². The molecule has 1 fully saturated rings. The molecular weight excluding hydrogens is 304 g/mol. The van der Waals surface area contributed by atoms with Gasteiger partial charge in [-0.05, 0) is 38.1 Å².